The smallest absolute Gasteiger partial charge is 0.262 e. The number of hydrogen-bond donors (Lipinski definition) is 0. The fourth-order valence-corrected chi connectivity index (χ4v) is 4.60. The second-order valence-corrected chi connectivity index (χ2v) is 8.06. The first-order valence-corrected chi connectivity index (χ1v) is 10.2. The maximum atomic E-state index is 13.0. The van der Waals surface area contributed by atoms with Gasteiger partial charge in [0, 0.05) is 28.4 Å². The van der Waals surface area contributed by atoms with Crippen LogP contribution < -0.4 is 5.56 Å². The van der Waals surface area contributed by atoms with Gasteiger partial charge in [0.25, 0.3) is 5.56 Å². The van der Waals surface area contributed by atoms with Crippen molar-refractivity contribution in [3.8, 4) is 0 Å². The van der Waals surface area contributed by atoms with E-state index in [0.717, 1.165) is 40.0 Å². The van der Waals surface area contributed by atoms with E-state index in [-0.39, 0.29) is 11.6 Å². The van der Waals surface area contributed by atoms with E-state index in [2.05, 4.69) is 4.98 Å². The van der Waals surface area contributed by atoms with Crippen LogP contribution in [-0.2, 0) is 5.75 Å². The number of nitrogens with zero attached hydrogens (tertiary/aromatic N) is 3. The Morgan fingerprint density at radius 1 is 1.07 bits per heavy atom. The molecule has 1 aliphatic carbocycles. The third-order valence-corrected chi connectivity index (χ3v) is 6.18. The first-order chi connectivity index (χ1) is 13.2. The first-order valence-electron chi connectivity index (χ1n) is 8.88. The summed E-state index contributed by atoms with van der Waals surface area (Å²) in [5.74, 6) is 0.683. The number of halogens is 1. The van der Waals surface area contributed by atoms with Crippen molar-refractivity contribution in [1.29, 1.82) is 0 Å². The molecule has 6 heteroatoms. The minimum Gasteiger partial charge on any atom is -0.284 e. The molecule has 2 aromatic heterocycles. The number of aromatic nitrogens is 3. The maximum absolute atomic E-state index is 13.0. The fourth-order valence-electron chi connectivity index (χ4n) is 3.34. The Balaban J connectivity index is 1.57. The lowest BCUT2D eigenvalue weighted by atomic mass is 10.1. The molecule has 0 amide bonds. The molecule has 0 atom stereocenters. The standard InChI is InChI=1S/C21H16ClN3OS/c22-17-10-7-13(19-15(17)5-3-11-23-19)12-27-21-24-18-6-2-1-4-16(18)20(26)25(21)14-8-9-14/h1-7,10-11,14H,8-9,12H2. The summed E-state index contributed by atoms with van der Waals surface area (Å²) in [6.45, 7) is 0. The van der Waals surface area contributed by atoms with E-state index >= 15 is 0 Å². The maximum Gasteiger partial charge on any atom is 0.262 e. The van der Waals surface area contributed by atoms with Crippen molar-refractivity contribution in [2.24, 2.45) is 0 Å². The molecule has 4 aromatic rings. The predicted molar refractivity (Wildman–Crippen MR) is 111 cm³/mol. The Bertz CT molecular complexity index is 1230. The monoisotopic (exact) mass is 393 g/mol. The van der Waals surface area contributed by atoms with Gasteiger partial charge in [0.15, 0.2) is 5.16 Å². The van der Waals surface area contributed by atoms with Crippen molar-refractivity contribution in [3.05, 3.63) is 75.7 Å². The molecule has 0 aliphatic heterocycles. The summed E-state index contributed by atoms with van der Waals surface area (Å²) in [5, 5.41) is 3.11. The van der Waals surface area contributed by atoms with Crippen LogP contribution >= 0.6 is 23.4 Å². The summed E-state index contributed by atoms with van der Waals surface area (Å²) in [4.78, 5) is 22.3. The van der Waals surface area contributed by atoms with Gasteiger partial charge in [-0.2, -0.15) is 0 Å². The Kier molecular flexibility index (Phi) is 4.14. The van der Waals surface area contributed by atoms with Crippen molar-refractivity contribution in [2.75, 3.05) is 0 Å². The molecule has 0 bridgehead atoms. The molecule has 0 N–H and O–H groups in total. The van der Waals surface area contributed by atoms with Gasteiger partial charge in [-0.05, 0) is 48.7 Å². The molecule has 1 fully saturated rings. The minimum absolute atomic E-state index is 0.0599. The number of hydrogen-bond acceptors (Lipinski definition) is 4. The fraction of sp³-hybridized carbons (Fsp3) is 0.190. The minimum atomic E-state index is 0.0599. The Hall–Kier alpha value is -2.37. The van der Waals surface area contributed by atoms with Crippen LogP contribution in [0.4, 0.5) is 0 Å². The highest BCUT2D eigenvalue weighted by Gasteiger charge is 2.28. The quantitative estimate of drug-likeness (QED) is 0.352. The number of fused-ring (bicyclic) bond motifs is 2. The highest BCUT2D eigenvalue weighted by molar-refractivity contribution is 7.98. The molecular weight excluding hydrogens is 378 g/mol. The zero-order valence-corrected chi connectivity index (χ0v) is 16.0. The molecule has 0 saturated heterocycles. The Labute approximate surface area is 165 Å². The van der Waals surface area contributed by atoms with Gasteiger partial charge in [0.2, 0.25) is 0 Å². The topological polar surface area (TPSA) is 47.8 Å². The summed E-state index contributed by atoms with van der Waals surface area (Å²) in [6.07, 6.45) is 3.86. The van der Waals surface area contributed by atoms with Crippen molar-refractivity contribution >= 4 is 45.2 Å². The average molecular weight is 394 g/mol. The first kappa shape index (κ1) is 16.8. The number of para-hydroxylation sites is 1. The van der Waals surface area contributed by atoms with E-state index < -0.39 is 0 Å². The summed E-state index contributed by atoms with van der Waals surface area (Å²) in [7, 11) is 0. The van der Waals surface area contributed by atoms with Gasteiger partial charge in [0.05, 0.1) is 16.4 Å². The predicted octanol–water partition coefficient (Wildman–Crippen LogP) is 5.23. The number of pyridine rings is 1. The van der Waals surface area contributed by atoms with Crippen molar-refractivity contribution in [2.45, 2.75) is 29.8 Å². The van der Waals surface area contributed by atoms with Gasteiger partial charge in [-0.25, -0.2) is 4.98 Å². The summed E-state index contributed by atoms with van der Waals surface area (Å²) in [6, 6.07) is 15.6. The Morgan fingerprint density at radius 3 is 2.74 bits per heavy atom. The highest BCUT2D eigenvalue weighted by Crippen LogP contribution is 2.38. The molecule has 5 rings (SSSR count). The molecular formula is C21H16ClN3OS. The summed E-state index contributed by atoms with van der Waals surface area (Å²) >= 11 is 7.89. The zero-order chi connectivity index (χ0) is 18.4. The molecule has 4 nitrogen and oxygen atoms in total. The molecule has 1 aliphatic rings. The third-order valence-electron chi connectivity index (χ3n) is 4.84. The van der Waals surface area contributed by atoms with Gasteiger partial charge in [-0.3, -0.25) is 14.3 Å². The van der Waals surface area contributed by atoms with Crippen molar-refractivity contribution in [3.63, 3.8) is 0 Å². The van der Waals surface area contributed by atoms with Crippen LogP contribution in [0.25, 0.3) is 21.8 Å². The van der Waals surface area contributed by atoms with Crippen molar-refractivity contribution < 1.29 is 0 Å². The van der Waals surface area contributed by atoms with Crippen LogP contribution in [-0.4, -0.2) is 14.5 Å². The van der Waals surface area contributed by atoms with Crippen LogP contribution in [0.1, 0.15) is 24.4 Å². The van der Waals surface area contributed by atoms with E-state index in [1.807, 2.05) is 53.1 Å². The zero-order valence-electron chi connectivity index (χ0n) is 14.4. The van der Waals surface area contributed by atoms with Gasteiger partial charge >= 0.3 is 0 Å². The van der Waals surface area contributed by atoms with Gasteiger partial charge in [-0.15, -0.1) is 0 Å². The Morgan fingerprint density at radius 2 is 1.89 bits per heavy atom. The van der Waals surface area contributed by atoms with Gasteiger partial charge in [-0.1, -0.05) is 41.6 Å². The molecule has 1 saturated carbocycles. The summed E-state index contributed by atoms with van der Waals surface area (Å²) < 4.78 is 1.87. The van der Waals surface area contributed by atoms with Crippen LogP contribution in [0, 0.1) is 0 Å². The molecule has 0 unspecified atom stereocenters. The number of benzene rings is 2. The third kappa shape index (κ3) is 3.01. The molecule has 0 radical (unpaired) electrons. The molecule has 0 spiro atoms. The van der Waals surface area contributed by atoms with E-state index in [9.17, 15) is 4.79 Å². The lowest BCUT2D eigenvalue weighted by Gasteiger charge is -2.13. The lowest BCUT2D eigenvalue weighted by molar-refractivity contribution is 0.618. The van der Waals surface area contributed by atoms with E-state index in [1.54, 1.807) is 18.0 Å². The van der Waals surface area contributed by atoms with E-state index in [0.29, 0.717) is 16.2 Å². The SMILES string of the molecule is O=c1c2ccccc2nc(SCc2ccc(Cl)c3cccnc23)n1C1CC1. The van der Waals surface area contributed by atoms with Gasteiger partial charge < -0.3 is 0 Å². The second kappa shape index (κ2) is 6.66. The molecule has 2 aromatic carbocycles. The lowest BCUT2D eigenvalue weighted by Crippen LogP contribution is -2.22. The van der Waals surface area contributed by atoms with Gasteiger partial charge in [0.1, 0.15) is 0 Å². The molecule has 134 valence electrons. The van der Waals surface area contributed by atoms with E-state index in [4.69, 9.17) is 16.6 Å². The second-order valence-electron chi connectivity index (χ2n) is 6.71. The summed E-state index contributed by atoms with van der Waals surface area (Å²) in [5.41, 5.74) is 2.80. The van der Waals surface area contributed by atoms with Crippen LogP contribution in [0.15, 0.2) is 64.7 Å². The van der Waals surface area contributed by atoms with Crippen LogP contribution in [0.2, 0.25) is 5.02 Å². The van der Waals surface area contributed by atoms with Crippen LogP contribution in [0.5, 0.6) is 0 Å². The molecule has 2 heterocycles. The molecule has 27 heavy (non-hydrogen) atoms. The van der Waals surface area contributed by atoms with Crippen molar-refractivity contribution in [1.82, 2.24) is 14.5 Å². The normalized spacial score (nSPS) is 14.1. The average Bonchev–Trinajstić information content (AvgIpc) is 3.53. The van der Waals surface area contributed by atoms with Crippen LogP contribution in [0.3, 0.4) is 0 Å². The highest BCUT2D eigenvalue weighted by atomic mass is 35.5. The largest absolute Gasteiger partial charge is 0.284 e. The number of thioether (sulfide) groups is 1. The van der Waals surface area contributed by atoms with E-state index in [1.165, 1.54) is 0 Å². The number of rotatable bonds is 4.